The molecule has 14 heavy (non-hydrogen) atoms. The zero-order valence-corrected chi connectivity index (χ0v) is 8.70. The van der Waals surface area contributed by atoms with Crippen LogP contribution in [0.2, 0.25) is 0 Å². The predicted molar refractivity (Wildman–Crippen MR) is 55.9 cm³/mol. The number of rotatable bonds is 2. The van der Waals surface area contributed by atoms with Crippen LogP contribution in [0, 0.1) is 11.8 Å². The molecule has 0 aromatic heterocycles. The van der Waals surface area contributed by atoms with Crippen LogP contribution in [-0.4, -0.2) is 23.9 Å². The highest BCUT2D eigenvalue weighted by molar-refractivity contribution is 5.31. The molecule has 4 atom stereocenters. The second kappa shape index (κ2) is 3.21. The van der Waals surface area contributed by atoms with E-state index in [1.165, 1.54) is 0 Å². The molecule has 78 valence electrons. The summed E-state index contributed by atoms with van der Waals surface area (Å²) in [6.45, 7) is 7.74. The van der Waals surface area contributed by atoms with Crippen LogP contribution >= 0.6 is 0 Å². The van der Waals surface area contributed by atoms with Crippen LogP contribution in [0.5, 0.6) is 0 Å². The molecule has 2 nitrogen and oxygen atoms in total. The molecule has 2 heteroatoms. The summed E-state index contributed by atoms with van der Waals surface area (Å²) >= 11 is 0. The molecule has 1 N–H and O–H groups in total. The van der Waals surface area contributed by atoms with E-state index in [0.29, 0.717) is 5.92 Å². The van der Waals surface area contributed by atoms with Gasteiger partial charge in [-0.2, -0.15) is 0 Å². The van der Waals surface area contributed by atoms with E-state index in [-0.39, 0.29) is 12.0 Å². The van der Waals surface area contributed by atoms with Crippen molar-refractivity contribution in [2.75, 3.05) is 7.11 Å². The summed E-state index contributed by atoms with van der Waals surface area (Å²) in [5.41, 5.74) is 0.314. The Morgan fingerprint density at radius 1 is 1.64 bits per heavy atom. The van der Waals surface area contributed by atoms with E-state index in [2.05, 4.69) is 13.2 Å². The van der Waals surface area contributed by atoms with Crippen molar-refractivity contribution in [1.29, 1.82) is 0 Å². The third-order valence-electron chi connectivity index (χ3n) is 3.84. The molecule has 2 aliphatic carbocycles. The van der Waals surface area contributed by atoms with Crippen molar-refractivity contribution in [3.63, 3.8) is 0 Å². The molecule has 0 bridgehead atoms. The molecule has 0 aliphatic heterocycles. The molecule has 0 aromatic rings. The Kier molecular flexibility index (Phi) is 2.28. The first-order valence-corrected chi connectivity index (χ1v) is 5.21. The van der Waals surface area contributed by atoms with Crippen LogP contribution < -0.4 is 0 Å². The van der Waals surface area contributed by atoms with Gasteiger partial charge in [-0.3, -0.25) is 0 Å². The molecule has 0 radical (unpaired) electrons. The maximum absolute atomic E-state index is 10.3. The van der Waals surface area contributed by atoms with Crippen molar-refractivity contribution in [3.8, 4) is 0 Å². The SMILES string of the molecule is C=C[C@]1(O)CCC[C@H]2[C@H]1C(=C)[C@@H]2OC. The number of ether oxygens (including phenoxy) is 1. The van der Waals surface area contributed by atoms with Gasteiger partial charge in [0, 0.05) is 13.0 Å². The van der Waals surface area contributed by atoms with Crippen molar-refractivity contribution in [2.45, 2.75) is 31.0 Å². The average Bonchev–Trinajstić information content (AvgIpc) is 2.17. The van der Waals surface area contributed by atoms with Crippen LogP contribution in [0.15, 0.2) is 24.8 Å². The summed E-state index contributed by atoms with van der Waals surface area (Å²) in [6, 6.07) is 0. The second-order valence-electron chi connectivity index (χ2n) is 4.46. The van der Waals surface area contributed by atoms with Gasteiger partial charge in [0.15, 0.2) is 0 Å². The molecular formula is C12H18O2. The molecule has 0 aromatic carbocycles. The van der Waals surface area contributed by atoms with Gasteiger partial charge in [0.1, 0.15) is 0 Å². The molecular weight excluding hydrogens is 176 g/mol. The lowest BCUT2D eigenvalue weighted by molar-refractivity contribution is -0.111. The molecule has 0 heterocycles. The lowest BCUT2D eigenvalue weighted by atomic mass is 9.54. The highest BCUT2D eigenvalue weighted by atomic mass is 16.5. The molecule has 0 amide bonds. The van der Waals surface area contributed by atoms with Crippen molar-refractivity contribution in [3.05, 3.63) is 24.8 Å². The van der Waals surface area contributed by atoms with Crippen LogP contribution in [0.3, 0.4) is 0 Å². The van der Waals surface area contributed by atoms with Gasteiger partial charge in [-0.05, 0) is 30.8 Å². The first-order valence-electron chi connectivity index (χ1n) is 5.21. The minimum absolute atomic E-state index is 0.159. The third kappa shape index (κ3) is 1.11. The summed E-state index contributed by atoms with van der Waals surface area (Å²) in [7, 11) is 1.72. The standard InChI is InChI=1S/C12H18O2/c1-4-12(13)7-5-6-9-10(12)8(2)11(9)14-3/h4,9-11,13H,1-2,5-7H2,3H3/t9-,10+,11-,12-/m0/s1. The lowest BCUT2D eigenvalue weighted by Gasteiger charge is -2.55. The Balaban J connectivity index is 2.21. The van der Waals surface area contributed by atoms with Gasteiger partial charge in [0.25, 0.3) is 0 Å². The van der Waals surface area contributed by atoms with Gasteiger partial charge in [-0.1, -0.05) is 12.7 Å². The van der Waals surface area contributed by atoms with Gasteiger partial charge in [0.2, 0.25) is 0 Å². The normalized spacial score (nSPS) is 46.7. The molecule has 0 unspecified atom stereocenters. The maximum atomic E-state index is 10.3. The van der Waals surface area contributed by atoms with Crippen molar-refractivity contribution >= 4 is 0 Å². The Morgan fingerprint density at radius 2 is 2.36 bits per heavy atom. The second-order valence-corrected chi connectivity index (χ2v) is 4.46. The summed E-state index contributed by atoms with van der Waals surface area (Å²) in [6.07, 6.45) is 4.84. The fourth-order valence-corrected chi connectivity index (χ4v) is 3.12. The maximum Gasteiger partial charge on any atom is 0.0894 e. The Labute approximate surface area is 85.3 Å². The minimum Gasteiger partial charge on any atom is -0.385 e. The number of hydrogen-bond donors (Lipinski definition) is 1. The fourth-order valence-electron chi connectivity index (χ4n) is 3.12. The van der Waals surface area contributed by atoms with Crippen molar-refractivity contribution < 1.29 is 9.84 Å². The zero-order valence-electron chi connectivity index (χ0n) is 8.70. The third-order valence-corrected chi connectivity index (χ3v) is 3.84. The largest absolute Gasteiger partial charge is 0.385 e. The van der Waals surface area contributed by atoms with E-state index in [4.69, 9.17) is 4.74 Å². The molecule has 2 fully saturated rings. The highest BCUT2D eigenvalue weighted by Gasteiger charge is 2.55. The summed E-state index contributed by atoms with van der Waals surface area (Å²) in [4.78, 5) is 0. The molecule has 2 rings (SSSR count). The van der Waals surface area contributed by atoms with Crippen LogP contribution in [0.1, 0.15) is 19.3 Å². The summed E-state index contributed by atoms with van der Waals surface area (Å²) in [5.74, 6) is 0.628. The van der Waals surface area contributed by atoms with Gasteiger partial charge in [0.05, 0.1) is 11.7 Å². The smallest absolute Gasteiger partial charge is 0.0894 e. The first-order chi connectivity index (χ1) is 6.64. The number of methoxy groups -OCH3 is 1. The fraction of sp³-hybridized carbons (Fsp3) is 0.667. The zero-order chi connectivity index (χ0) is 10.3. The van der Waals surface area contributed by atoms with Gasteiger partial charge in [-0.15, -0.1) is 6.58 Å². The van der Waals surface area contributed by atoms with Crippen LogP contribution in [0.25, 0.3) is 0 Å². The minimum atomic E-state index is -0.727. The average molecular weight is 194 g/mol. The van der Waals surface area contributed by atoms with Gasteiger partial charge < -0.3 is 9.84 Å². The Bertz CT molecular complexity index is 271. The van der Waals surface area contributed by atoms with Crippen molar-refractivity contribution in [1.82, 2.24) is 0 Å². The topological polar surface area (TPSA) is 29.5 Å². The summed E-state index contributed by atoms with van der Waals surface area (Å²) in [5, 5.41) is 10.3. The lowest BCUT2D eigenvalue weighted by Crippen LogP contribution is -2.58. The monoisotopic (exact) mass is 194 g/mol. The van der Waals surface area contributed by atoms with Crippen LogP contribution in [0.4, 0.5) is 0 Å². The quantitative estimate of drug-likeness (QED) is 0.680. The van der Waals surface area contributed by atoms with E-state index in [9.17, 15) is 5.11 Å². The van der Waals surface area contributed by atoms with Gasteiger partial charge in [-0.25, -0.2) is 0 Å². The molecule has 0 spiro atoms. The molecule has 2 saturated carbocycles. The van der Waals surface area contributed by atoms with Crippen LogP contribution in [-0.2, 0) is 4.74 Å². The Hall–Kier alpha value is -0.600. The molecule has 2 aliphatic rings. The van der Waals surface area contributed by atoms with E-state index in [1.54, 1.807) is 13.2 Å². The first kappa shape index (κ1) is 9.94. The van der Waals surface area contributed by atoms with E-state index >= 15 is 0 Å². The molecule has 0 saturated heterocycles. The van der Waals surface area contributed by atoms with E-state index < -0.39 is 5.60 Å². The number of hydrogen-bond acceptors (Lipinski definition) is 2. The van der Waals surface area contributed by atoms with E-state index in [1.807, 2.05) is 0 Å². The number of aliphatic hydroxyl groups is 1. The summed E-state index contributed by atoms with van der Waals surface area (Å²) < 4.78 is 5.36. The Morgan fingerprint density at radius 3 is 2.93 bits per heavy atom. The van der Waals surface area contributed by atoms with Crippen molar-refractivity contribution in [2.24, 2.45) is 11.8 Å². The highest BCUT2D eigenvalue weighted by Crippen LogP contribution is 2.54. The van der Waals surface area contributed by atoms with Gasteiger partial charge >= 0.3 is 0 Å². The van der Waals surface area contributed by atoms with E-state index in [0.717, 1.165) is 24.8 Å². The predicted octanol–water partition coefficient (Wildman–Crippen LogP) is 1.90. The number of fused-ring (bicyclic) bond motifs is 1.